The normalized spacial score (nSPS) is 17.6. The summed E-state index contributed by atoms with van der Waals surface area (Å²) in [7, 11) is 1.68. The molecule has 0 spiro atoms. The highest BCUT2D eigenvalue weighted by Crippen LogP contribution is 2.46. The Balaban J connectivity index is 1.86. The first-order valence-electron chi connectivity index (χ1n) is 11.1. The number of ether oxygens (including phenoxy) is 1. The number of carbonyl (C=O) groups is 1. The maximum Gasteiger partial charge on any atom is 0.429 e. The molecule has 1 aliphatic heterocycles. The van der Waals surface area contributed by atoms with Crippen molar-refractivity contribution in [3.63, 3.8) is 0 Å². The van der Waals surface area contributed by atoms with Crippen LogP contribution in [0.5, 0.6) is 0 Å². The van der Waals surface area contributed by atoms with Gasteiger partial charge >= 0.3 is 6.09 Å². The van der Waals surface area contributed by atoms with E-state index in [4.69, 9.17) is 4.74 Å². The zero-order chi connectivity index (χ0) is 25.8. The van der Waals surface area contributed by atoms with Crippen LogP contribution in [0.2, 0.25) is 0 Å². The maximum atomic E-state index is 14.6. The second-order valence-corrected chi connectivity index (χ2v) is 9.49. The fourth-order valence-electron chi connectivity index (χ4n) is 4.42. The first-order valence-corrected chi connectivity index (χ1v) is 11.1. The van der Waals surface area contributed by atoms with Crippen LogP contribution in [0.1, 0.15) is 49.8 Å². The molecule has 1 amide bonds. The fraction of sp³-hybridized carbons (Fsp3) is 0.292. The molecule has 186 valence electrons. The number of amides is 1. The minimum atomic E-state index is -0.916. The molecule has 3 heterocycles. The van der Waals surface area contributed by atoms with Gasteiger partial charge in [-0.2, -0.15) is 10.2 Å². The third kappa shape index (κ3) is 4.04. The van der Waals surface area contributed by atoms with E-state index >= 15 is 0 Å². The van der Waals surface area contributed by atoms with Crippen molar-refractivity contribution in [2.75, 3.05) is 5.43 Å². The van der Waals surface area contributed by atoms with Gasteiger partial charge in [0, 0.05) is 12.4 Å². The number of H-pyrrole nitrogens is 1. The Hall–Kier alpha value is -4.35. The number of hydrazine groups is 1. The van der Waals surface area contributed by atoms with Crippen LogP contribution in [0, 0.1) is 11.6 Å². The lowest BCUT2D eigenvalue weighted by Gasteiger charge is -2.36. The van der Waals surface area contributed by atoms with Crippen LogP contribution < -0.4 is 11.0 Å². The molecule has 2 N–H and O–H groups in total. The number of nitrogens with zero attached hydrogens (tertiary/aromatic N) is 5. The number of hydrogen-bond donors (Lipinski definition) is 2. The van der Waals surface area contributed by atoms with E-state index in [-0.39, 0.29) is 11.1 Å². The van der Waals surface area contributed by atoms with Gasteiger partial charge in [-0.05, 0) is 50.6 Å². The van der Waals surface area contributed by atoms with Crippen molar-refractivity contribution >= 4 is 22.6 Å². The second kappa shape index (κ2) is 8.40. The molecule has 0 saturated heterocycles. The Morgan fingerprint density at radius 3 is 2.47 bits per heavy atom. The summed E-state index contributed by atoms with van der Waals surface area (Å²) in [6.07, 6.45) is 0.572. The van der Waals surface area contributed by atoms with Gasteiger partial charge in [-0.1, -0.05) is 12.1 Å². The number of carbonyl (C=O) groups excluding carboxylic acids is 1. The third-order valence-corrected chi connectivity index (χ3v) is 5.84. The lowest BCUT2D eigenvalue weighted by Crippen LogP contribution is -2.44. The quantitative estimate of drug-likeness (QED) is 0.435. The van der Waals surface area contributed by atoms with E-state index in [0.29, 0.717) is 22.5 Å². The Morgan fingerprint density at radius 1 is 1.11 bits per heavy atom. The van der Waals surface area contributed by atoms with Crippen LogP contribution in [0.15, 0.2) is 47.5 Å². The predicted molar refractivity (Wildman–Crippen MR) is 126 cm³/mol. The molecule has 2 aromatic heterocycles. The number of aryl methyl sites for hydroxylation is 1. The Bertz CT molecular complexity index is 1530. The molecule has 0 aliphatic carbocycles. The van der Waals surface area contributed by atoms with Crippen molar-refractivity contribution in [3.05, 3.63) is 81.8 Å². The van der Waals surface area contributed by atoms with E-state index in [1.807, 2.05) is 0 Å². The summed E-state index contributed by atoms with van der Waals surface area (Å²) in [6.45, 7) is 5.14. The summed E-state index contributed by atoms with van der Waals surface area (Å²) in [4.78, 5) is 30.6. The van der Waals surface area contributed by atoms with Crippen molar-refractivity contribution in [2.24, 2.45) is 7.05 Å². The minimum Gasteiger partial charge on any atom is -0.442 e. The number of nitrogens with one attached hydrogen (secondary N) is 2. The SMILES string of the molecule is Cn1ncnc1C1c2n[nH]c(=O)c3cc(F)cc(c23)NN(C(=O)OC(C)(C)C)C1c1ccc(F)cc1. The molecule has 10 nitrogen and oxygen atoms in total. The molecule has 5 rings (SSSR count). The maximum absolute atomic E-state index is 14.6. The molecule has 1 aliphatic rings. The zero-order valence-electron chi connectivity index (χ0n) is 19.9. The number of halogens is 2. The van der Waals surface area contributed by atoms with Gasteiger partial charge in [0.1, 0.15) is 29.4 Å². The van der Waals surface area contributed by atoms with E-state index < -0.39 is 40.8 Å². The predicted octanol–water partition coefficient (Wildman–Crippen LogP) is 3.78. The summed E-state index contributed by atoms with van der Waals surface area (Å²) in [5, 5.41) is 12.5. The standard InChI is InChI=1S/C24H23F2N7O3/c1-24(2,3)36-23(35)33-20(12-5-7-13(25)8-6-12)18(21-27-11-28-32(21)4)19-17-15(22(34)30-29-19)9-14(26)10-16(17)31-33/h5-11,18,20,31H,1-4H3,(H,30,34). The summed E-state index contributed by atoms with van der Waals surface area (Å²) in [5.74, 6) is -1.58. The van der Waals surface area contributed by atoms with Crippen LogP contribution in [0.4, 0.5) is 19.3 Å². The van der Waals surface area contributed by atoms with E-state index in [2.05, 4.69) is 25.7 Å². The molecular formula is C24H23F2N7O3. The highest BCUT2D eigenvalue weighted by atomic mass is 19.1. The van der Waals surface area contributed by atoms with Gasteiger partial charge in [-0.3, -0.25) is 14.9 Å². The van der Waals surface area contributed by atoms with Gasteiger partial charge in [-0.25, -0.2) is 28.7 Å². The van der Waals surface area contributed by atoms with Crippen molar-refractivity contribution in [3.8, 4) is 0 Å². The van der Waals surface area contributed by atoms with Crippen LogP contribution in [-0.4, -0.2) is 41.7 Å². The Kier molecular flexibility index (Phi) is 5.46. The van der Waals surface area contributed by atoms with E-state index in [0.717, 1.165) is 6.07 Å². The van der Waals surface area contributed by atoms with Crippen molar-refractivity contribution in [1.82, 2.24) is 30.0 Å². The zero-order valence-corrected chi connectivity index (χ0v) is 19.9. The second-order valence-electron chi connectivity index (χ2n) is 9.49. The summed E-state index contributed by atoms with van der Waals surface area (Å²) < 4.78 is 35.7. The lowest BCUT2D eigenvalue weighted by atomic mass is 9.87. The molecule has 2 aromatic carbocycles. The molecule has 0 radical (unpaired) electrons. The summed E-state index contributed by atoms with van der Waals surface area (Å²) >= 11 is 0. The Labute approximate surface area is 203 Å². The number of anilines is 1. The van der Waals surface area contributed by atoms with Gasteiger partial charge in [0.15, 0.2) is 0 Å². The first-order chi connectivity index (χ1) is 17.0. The molecule has 0 saturated carbocycles. The number of benzene rings is 2. The molecule has 0 bridgehead atoms. The summed E-state index contributed by atoms with van der Waals surface area (Å²) in [6, 6.07) is 6.96. The molecule has 12 heteroatoms. The highest BCUT2D eigenvalue weighted by Gasteiger charge is 2.43. The van der Waals surface area contributed by atoms with Gasteiger partial charge in [0.25, 0.3) is 5.56 Å². The van der Waals surface area contributed by atoms with Crippen molar-refractivity contribution in [2.45, 2.75) is 38.3 Å². The number of hydrogen-bond acceptors (Lipinski definition) is 7. The number of aromatic nitrogens is 5. The lowest BCUT2D eigenvalue weighted by molar-refractivity contribution is 0.0201. The molecule has 0 fully saturated rings. The van der Waals surface area contributed by atoms with E-state index in [1.165, 1.54) is 46.3 Å². The topological polar surface area (TPSA) is 118 Å². The van der Waals surface area contributed by atoms with Crippen LogP contribution in [0.3, 0.4) is 0 Å². The van der Waals surface area contributed by atoms with Gasteiger partial charge in [0.2, 0.25) is 0 Å². The van der Waals surface area contributed by atoms with Crippen LogP contribution >= 0.6 is 0 Å². The van der Waals surface area contributed by atoms with Gasteiger partial charge in [-0.15, -0.1) is 0 Å². The molecule has 4 aromatic rings. The first kappa shape index (κ1) is 23.4. The minimum absolute atomic E-state index is 0.0403. The monoisotopic (exact) mass is 495 g/mol. The van der Waals surface area contributed by atoms with Crippen molar-refractivity contribution in [1.29, 1.82) is 0 Å². The summed E-state index contributed by atoms with van der Waals surface area (Å²) in [5.41, 5.74) is 2.47. The smallest absolute Gasteiger partial charge is 0.429 e. The third-order valence-electron chi connectivity index (χ3n) is 5.84. The molecule has 36 heavy (non-hydrogen) atoms. The van der Waals surface area contributed by atoms with Crippen LogP contribution in [0.25, 0.3) is 10.8 Å². The molecule has 2 unspecified atom stereocenters. The highest BCUT2D eigenvalue weighted by molar-refractivity contribution is 5.97. The molecular weight excluding hydrogens is 472 g/mol. The largest absolute Gasteiger partial charge is 0.442 e. The Morgan fingerprint density at radius 2 is 1.83 bits per heavy atom. The van der Waals surface area contributed by atoms with Crippen molar-refractivity contribution < 1.29 is 18.3 Å². The van der Waals surface area contributed by atoms with Gasteiger partial charge < -0.3 is 4.74 Å². The van der Waals surface area contributed by atoms with E-state index in [9.17, 15) is 18.4 Å². The van der Waals surface area contributed by atoms with E-state index in [1.54, 1.807) is 27.8 Å². The average Bonchev–Trinajstić information content (AvgIpc) is 3.15. The molecule has 2 atom stereocenters. The average molecular weight is 495 g/mol. The number of rotatable bonds is 2. The van der Waals surface area contributed by atoms with Crippen LogP contribution in [-0.2, 0) is 11.8 Å². The van der Waals surface area contributed by atoms with Gasteiger partial charge in [0.05, 0.1) is 28.7 Å². The number of aromatic amines is 1. The fourth-order valence-corrected chi connectivity index (χ4v) is 4.42.